The monoisotopic (exact) mass is 325 g/mol. The largest absolute Gasteiger partial charge is 0.496 e. The number of carbonyl (C=O) groups is 2. The number of carboxylic acid groups (broad SMARTS) is 1. The maximum Gasteiger partial charge on any atom is 0.326 e. The van der Waals surface area contributed by atoms with Crippen LogP contribution in [-0.2, 0) is 9.59 Å². The summed E-state index contributed by atoms with van der Waals surface area (Å²) < 4.78 is 5.40. The van der Waals surface area contributed by atoms with Gasteiger partial charge < -0.3 is 14.7 Å². The van der Waals surface area contributed by atoms with E-state index in [2.05, 4.69) is 0 Å². The Morgan fingerprint density at radius 1 is 1.25 bits per heavy atom. The zero-order valence-electron chi connectivity index (χ0n) is 13.4. The van der Waals surface area contributed by atoms with Crippen molar-refractivity contribution in [3.63, 3.8) is 0 Å². The molecular formula is C19H19NO4. The molecule has 1 N–H and O–H groups in total. The van der Waals surface area contributed by atoms with Gasteiger partial charge in [0.2, 0.25) is 5.91 Å². The third-order valence-corrected chi connectivity index (χ3v) is 4.36. The van der Waals surface area contributed by atoms with Crippen LogP contribution in [0.25, 0.3) is 16.8 Å². The molecule has 5 nitrogen and oxygen atoms in total. The molecule has 2 aromatic carbocycles. The molecule has 1 aliphatic rings. The van der Waals surface area contributed by atoms with Crippen molar-refractivity contribution in [3.8, 4) is 5.75 Å². The minimum absolute atomic E-state index is 0.283. The van der Waals surface area contributed by atoms with E-state index in [9.17, 15) is 14.7 Å². The number of aliphatic carboxylic acids is 1. The van der Waals surface area contributed by atoms with Crippen LogP contribution in [0.4, 0.5) is 0 Å². The minimum atomic E-state index is -0.947. The molecule has 1 amide bonds. The van der Waals surface area contributed by atoms with Crippen molar-refractivity contribution in [2.45, 2.75) is 18.9 Å². The number of amides is 1. The predicted octanol–water partition coefficient (Wildman–Crippen LogP) is 2.94. The van der Waals surface area contributed by atoms with Gasteiger partial charge in [0.05, 0.1) is 7.11 Å². The number of benzene rings is 2. The van der Waals surface area contributed by atoms with Crippen LogP contribution in [0.3, 0.4) is 0 Å². The molecule has 3 rings (SSSR count). The van der Waals surface area contributed by atoms with E-state index in [4.69, 9.17) is 4.74 Å². The number of ether oxygens (including phenoxy) is 1. The van der Waals surface area contributed by atoms with Gasteiger partial charge in [-0.2, -0.15) is 0 Å². The fourth-order valence-electron chi connectivity index (χ4n) is 3.16. The van der Waals surface area contributed by atoms with Crippen LogP contribution >= 0.6 is 0 Å². The summed E-state index contributed by atoms with van der Waals surface area (Å²) in [7, 11) is 1.59. The lowest BCUT2D eigenvalue weighted by molar-refractivity contribution is -0.146. The first-order chi connectivity index (χ1) is 11.6. The van der Waals surface area contributed by atoms with Gasteiger partial charge in [-0.15, -0.1) is 0 Å². The molecule has 1 saturated heterocycles. The van der Waals surface area contributed by atoms with Crippen LogP contribution in [0.1, 0.15) is 18.4 Å². The smallest absolute Gasteiger partial charge is 0.326 e. The summed E-state index contributed by atoms with van der Waals surface area (Å²) in [6.45, 7) is 0.479. The molecule has 1 fully saturated rings. The summed E-state index contributed by atoms with van der Waals surface area (Å²) in [6.07, 6.45) is 4.37. The van der Waals surface area contributed by atoms with Gasteiger partial charge in [-0.25, -0.2) is 4.79 Å². The van der Waals surface area contributed by atoms with Crippen molar-refractivity contribution in [2.75, 3.05) is 13.7 Å². The van der Waals surface area contributed by atoms with Gasteiger partial charge in [-0.05, 0) is 35.8 Å². The molecule has 1 atom stereocenters. The summed E-state index contributed by atoms with van der Waals surface area (Å²) in [6, 6.07) is 11.0. The van der Waals surface area contributed by atoms with Crippen LogP contribution in [0.5, 0.6) is 5.75 Å². The first-order valence-corrected chi connectivity index (χ1v) is 7.89. The maximum absolute atomic E-state index is 12.4. The average Bonchev–Trinajstić information content (AvgIpc) is 3.09. The SMILES string of the molecule is COc1ccc2ccccc2c1/C=C/C(=O)N1CCCC1C(=O)O. The highest BCUT2D eigenvalue weighted by atomic mass is 16.5. The van der Waals surface area contributed by atoms with E-state index in [-0.39, 0.29) is 5.91 Å². The Morgan fingerprint density at radius 2 is 2.04 bits per heavy atom. The van der Waals surface area contributed by atoms with E-state index < -0.39 is 12.0 Å². The molecule has 5 heteroatoms. The van der Waals surface area contributed by atoms with Crippen molar-refractivity contribution in [2.24, 2.45) is 0 Å². The number of carboxylic acids is 1. The van der Waals surface area contributed by atoms with Crippen molar-refractivity contribution in [1.29, 1.82) is 0 Å². The number of hydrogen-bond acceptors (Lipinski definition) is 3. The molecule has 0 aromatic heterocycles. The van der Waals surface area contributed by atoms with Crippen LogP contribution in [0.15, 0.2) is 42.5 Å². The topological polar surface area (TPSA) is 66.8 Å². The Balaban J connectivity index is 1.93. The molecule has 2 aromatic rings. The summed E-state index contributed by atoms with van der Waals surface area (Å²) in [4.78, 5) is 25.0. The Labute approximate surface area is 140 Å². The Hall–Kier alpha value is -2.82. The van der Waals surface area contributed by atoms with Gasteiger partial charge in [0, 0.05) is 18.2 Å². The molecule has 0 radical (unpaired) electrons. The normalized spacial score (nSPS) is 17.5. The van der Waals surface area contributed by atoms with Gasteiger partial charge in [0.15, 0.2) is 0 Å². The van der Waals surface area contributed by atoms with Crippen molar-refractivity contribution in [1.82, 2.24) is 4.90 Å². The van der Waals surface area contributed by atoms with Gasteiger partial charge in [0.25, 0.3) is 0 Å². The zero-order valence-corrected chi connectivity index (χ0v) is 13.4. The summed E-state index contributed by atoms with van der Waals surface area (Å²) in [5.41, 5.74) is 0.815. The maximum atomic E-state index is 12.4. The molecule has 0 saturated carbocycles. The minimum Gasteiger partial charge on any atom is -0.496 e. The van der Waals surface area contributed by atoms with Crippen LogP contribution in [0.2, 0.25) is 0 Å². The second kappa shape index (κ2) is 6.74. The molecule has 1 heterocycles. The lowest BCUT2D eigenvalue weighted by Crippen LogP contribution is -2.39. The van der Waals surface area contributed by atoms with Crippen molar-refractivity contribution >= 4 is 28.7 Å². The number of fused-ring (bicyclic) bond motifs is 1. The fourth-order valence-corrected chi connectivity index (χ4v) is 3.16. The summed E-state index contributed by atoms with van der Waals surface area (Å²) in [5, 5.41) is 11.2. The van der Waals surface area contributed by atoms with E-state index in [0.29, 0.717) is 25.1 Å². The molecule has 0 aliphatic carbocycles. The molecule has 1 unspecified atom stereocenters. The average molecular weight is 325 g/mol. The van der Waals surface area contributed by atoms with Gasteiger partial charge in [-0.1, -0.05) is 30.3 Å². The van der Waals surface area contributed by atoms with Crippen LogP contribution in [0, 0.1) is 0 Å². The molecular weight excluding hydrogens is 306 g/mol. The highest BCUT2D eigenvalue weighted by molar-refractivity contribution is 5.99. The van der Waals surface area contributed by atoms with E-state index in [1.807, 2.05) is 36.4 Å². The standard InChI is InChI=1S/C19H19NO4/c1-24-17-10-8-13-5-2-3-6-14(13)15(17)9-11-18(21)20-12-4-7-16(20)19(22)23/h2-3,5-6,8-11,16H,4,7,12H2,1H3,(H,22,23)/b11-9+. The Bertz CT molecular complexity index is 812. The highest BCUT2D eigenvalue weighted by Crippen LogP contribution is 2.29. The van der Waals surface area contributed by atoms with Crippen LogP contribution in [-0.4, -0.2) is 41.6 Å². The summed E-state index contributed by atoms with van der Waals surface area (Å²) >= 11 is 0. The highest BCUT2D eigenvalue weighted by Gasteiger charge is 2.32. The van der Waals surface area contributed by atoms with E-state index in [0.717, 1.165) is 16.3 Å². The van der Waals surface area contributed by atoms with Gasteiger partial charge >= 0.3 is 5.97 Å². The number of nitrogens with zero attached hydrogens (tertiary/aromatic N) is 1. The van der Waals surface area contributed by atoms with E-state index in [1.54, 1.807) is 13.2 Å². The second-order valence-electron chi connectivity index (χ2n) is 5.76. The van der Waals surface area contributed by atoms with Crippen LogP contribution < -0.4 is 4.74 Å². The first-order valence-electron chi connectivity index (χ1n) is 7.89. The molecule has 0 bridgehead atoms. The lowest BCUT2D eigenvalue weighted by Gasteiger charge is -2.19. The number of rotatable bonds is 4. The molecule has 1 aliphatic heterocycles. The van der Waals surface area contributed by atoms with E-state index >= 15 is 0 Å². The number of methoxy groups -OCH3 is 1. The zero-order chi connectivity index (χ0) is 17.1. The molecule has 24 heavy (non-hydrogen) atoms. The lowest BCUT2D eigenvalue weighted by atomic mass is 10.0. The van der Waals surface area contributed by atoms with Gasteiger partial charge in [-0.3, -0.25) is 4.79 Å². The number of carbonyl (C=O) groups excluding carboxylic acids is 1. The fraction of sp³-hybridized carbons (Fsp3) is 0.263. The predicted molar refractivity (Wildman–Crippen MR) is 91.9 cm³/mol. The molecule has 0 spiro atoms. The first kappa shape index (κ1) is 16.1. The Kier molecular flexibility index (Phi) is 4.51. The third kappa shape index (κ3) is 2.97. The number of hydrogen-bond donors (Lipinski definition) is 1. The second-order valence-corrected chi connectivity index (χ2v) is 5.76. The molecule has 124 valence electrons. The van der Waals surface area contributed by atoms with Crippen molar-refractivity contribution < 1.29 is 19.4 Å². The quantitative estimate of drug-likeness (QED) is 0.878. The third-order valence-electron chi connectivity index (χ3n) is 4.36. The summed E-state index contributed by atoms with van der Waals surface area (Å²) in [5.74, 6) is -0.555. The van der Waals surface area contributed by atoms with Gasteiger partial charge in [0.1, 0.15) is 11.8 Å². The van der Waals surface area contributed by atoms with E-state index in [1.165, 1.54) is 11.0 Å². The number of likely N-dealkylation sites (tertiary alicyclic amines) is 1. The van der Waals surface area contributed by atoms with Crippen molar-refractivity contribution in [3.05, 3.63) is 48.0 Å². The Morgan fingerprint density at radius 3 is 2.79 bits per heavy atom.